The van der Waals surface area contributed by atoms with Crippen molar-refractivity contribution in [3.8, 4) is 0 Å². The Hall–Kier alpha value is -0.160. The molecule has 0 aliphatic carbocycles. The standard InChI is InChI=1S/C6H9O4/c7-1-3-5(8)6-4(10-6)2-9-3/h2-8H,1H2/t3-,4+,5-,6-/m1/s1. The molecule has 0 spiro atoms. The predicted octanol–water partition coefficient (Wildman–Crippen LogP) is -1.33. The van der Waals surface area contributed by atoms with Crippen molar-refractivity contribution in [2.24, 2.45) is 0 Å². The van der Waals surface area contributed by atoms with Crippen LogP contribution in [0.2, 0.25) is 0 Å². The third kappa shape index (κ3) is 0.845. The lowest BCUT2D eigenvalue weighted by molar-refractivity contribution is -0.0568. The summed E-state index contributed by atoms with van der Waals surface area (Å²) in [5.41, 5.74) is 0. The molecule has 2 aliphatic rings. The summed E-state index contributed by atoms with van der Waals surface area (Å²) in [6, 6.07) is 0. The summed E-state index contributed by atoms with van der Waals surface area (Å²) in [6.07, 6.45) is -1.34. The van der Waals surface area contributed by atoms with Crippen LogP contribution in [0.1, 0.15) is 0 Å². The van der Waals surface area contributed by atoms with Crippen LogP contribution in [-0.2, 0) is 9.47 Å². The van der Waals surface area contributed by atoms with Crippen molar-refractivity contribution < 1.29 is 19.7 Å². The fourth-order valence-electron chi connectivity index (χ4n) is 1.14. The highest BCUT2D eigenvalue weighted by molar-refractivity contribution is 5.03. The van der Waals surface area contributed by atoms with E-state index in [2.05, 4.69) is 0 Å². The van der Waals surface area contributed by atoms with E-state index in [1.807, 2.05) is 0 Å². The molecule has 0 amide bonds. The Balaban J connectivity index is 1.97. The number of hydrogen-bond acceptors (Lipinski definition) is 4. The molecule has 0 bridgehead atoms. The summed E-state index contributed by atoms with van der Waals surface area (Å²) >= 11 is 0. The first-order chi connectivity index (χ1) is 4.83. The number of ether oxygens (including phenoxy) is 2. The van der Waals surface area contributed by atoms with E-state index < -0.39 is 12.2 Å². The highest BCUT2D eigenvalue weighted by Gasteiger charge is 2.52. The highest BCUT2D eigenvalue weighted by Crippen LogP contribution is 2.34. The van der Waals surface area contributed by atoms with Crippen LogP contribution in [0.5, 0.6) is 0 Å². The van der Waals surface area contributed by atoms with E-state index >= 15 is 0 Å². The van der Waals surface area contributed by atoms with Gasteiger partial charge < -0.3 is 19.7 Å². The van der Waals surface area contributed by atoms with Crippen molar-refractivity contribution in [2.45, 2.75) is 24.4 Å². The predicted molar refractivity (Wildman–Crippen MR) is 30.9 cm³/mol. The molecule has 0 aromatic carbocycles. The van der Waals surface area contributed by atoms with Crippen LogP contribution in [0.25, 0.3) is 0 Å². The quantitative estimate of drug-likeness (QED) is 0.449. The topological polar surface area (TPSA) is 62.2 Å². The van der Waals surface area contributed by atoms with Crippen LogP contribution in [-0.4, -0.2) is 41.2 Å². The molecule has 2 N–H and O–H groups in total. The number of hydrogen-bond donors (Lipinski definition) is 2. The molecule has 4 heteroatoms. The van der Waals surface area contributed by atoms with Gasteiger partial charge in [-0.3, -0.25) is 0 Å². The number of epoxide rings is 1. The second-order valence-electron chi connectivity index (χ2n) is 2.55. The summed E-state index contributed by atoms with van der Waals surface area (Å²) in [6.45, 7) is 1.36. The Bertz CT molecular complexity index is 138. The first-order valence-corrected chi connectivity index (χ1v) is 3.26. The largest absolute Gasteiger partial charge is 0.394 e. The van der Waals surface area contributed by atoms with Gasteiger partial charge in [0.1, 0.15) is 31.0 Å². The number of fused-ring (bicyclic) bond motifs is 1. The molecule has 2 heterocycles. The average molecular weight is 145 g/mol. The number of rotatable bonds is 1. The molecule has 1 radical (unpaired) electrons. The van der Waals surface area contributed by atoms with Gasteiger partial charge in [0, 0.05) is 0 Å². The zero-order valence-electron chi connectivity index (χ0n) is 5.30. The molecular weight excluding hydrogens is 136 g/mol. The van der Waals surface area contributed by atoms with Crippen molar-refractivity contribution in [3.63, 3.8) is 0 Å². The first-order valence-electron chi connectivity index (χ1n) is 3.26. The summed E-state index contributed by atoms with van der Waals surface area (Å²) in [5, 5.41) is 17.9. The maximum atomic E-state index is 9.25. The minimum atomic E-state index is -0.667. The molecule has 57 valence electrons. The SMILES string of the molecule is OC[C@H]1O[CH][C@@H]2O[C@H]2[C@@H]1O. The number of aliphatic hydroxyl groups excluding tert-OH is 2. The highest BCUT2D eigenvalue weighted by atomic mass is 16.6. The third-order valence-electron chi connectivity index (χ3n) is 1.85. The fourth-order valence-corrected chi connectivity index (χ4v) is 1.14. The minimum absolute atomic E-state index is 0.0437. The van der Waals surface area contributed by atoms with Gasteiger partial charge in [0.05, 0.1) is 6.61 Å². The van der Waals surface area contributed by atoms with Crippen LogP contribution in [0.4, 0.5) is 0 Å². The zero-order valence-corrected chi connectivity index (χ0v) is 5.30. The van der Waals surface area contributed by atoms with Gasteiger partial charge in [-0.05, 0) is 0 Å². The molecule has 4 nitrogen and oxygen atoms in total. The monoisotopic (exact) mass is 145 g/mol. The molecule has 0 aromatic heterocycles. The lowest BCUT2D eigenvalue weighted by atomic mass is 10.1. The lowest BCUT2D eigenvalue weighted by Crippen LogP contribution is -2.40. The van der Waals surface area contributed by atoms with Crippen LogP contribution in [0, 0.1) is 6.61 Å². The van der Waals surface area contributed by atoms with E-state index in [4.69, 9.17) is 14.6 Å². The maximum absolute atomic E-state index is 9.25. The van der Waals surface area contributed by atoms with Gasteiger partial charge in [0.25, 0.3) is 0 Å². The van der Waals surface area contributed by atoms with Crippen LogP contribution >= 0.6 is 0 Å². The Labute approximate surface area is 58.4 Å². The molecular formula is C6H9O4. The second kappa shape index (κ2) is 2.17. The van der Waals surface area contributed by atoms with Gasteiger partial charge in [0.2, 0.25) is 0 Å². The van der Waals surface area contributed by atoms with E-state index in [0.717, 1.165) is 0 Å². The molecule has 4 atom stereocenters. The Morgan fingerprint density at radius 3 is 3.00 bits per heavy atom. The summed E-state index contributed by atoms with van der Waals surface area (Å²) in [7, 11) is 0. The molecule has 0 saturated carbocycles. The Morgan fingerprint density at radius 2 is 2.30 bits per heavy atom. The molecule has 10 heavy (non-hydrogen) atoms. The molecule has 2 saturated heterocycles. The van der Waals surface area contributed by atoms with E-state index in [0.29, 0.717) is 0 Å². The van der Waals surface area contributed by atoms with Crippen molar-refractivity contribution in [2.75, 3.05) is 6.61 Å². The van der Waals surface area contributed by atoms with Gasteiger partial charge in [0.15, 0.2) is 0 Å². The number of aliphatic hydroxyl groups is 2. The summed E-state index contributed by atoms with van der Waals surface area (Å²) in [5.74, 6) is 0. The third-order valence-corrected chi connectivity index (χ3v) is 1.85. The van der Waals surface area contributed by atoms with Crippen molar-refractivity contribution >= 4 is 0 Å². The van der Waals surface area contributed by atoms with Crippen LogP contribution < -0.4 is 0 Å². The maximum Gasteiger partial charge on any atom is 0.116 e. The normalized spacial score (nSPS) is 52.2. The van der Waals surface area contributed by atoms with E-state index in [1.54, 1.807) is 0 Å². The lowest BCUT2D eigenvalue weighted by Gasteiger charge is -2.22. The molecule has 2 aliphatic heterocycles. The molecule has 2 rings (SSSR count). The molecule has 2 fully saturated rings. The smallest absolute Gasteiger partial charge is 0.116 e. The molecule has 0 aromatic rings. The van der Waals surface area contributed by atoms with E-state index in [9.17, 15) is 5.11 Å². The Kier molecular flexibility index (Phi) is 1.42. The Morgan fingerprint density at radius 1 is 1.50 bits per heavy atom. The van der Waals surface area contributed by atoms with Crippen molar-refractivity contribution in [1.29, 1.82) is 0 Å². The minimum Gasteiger partial charge on any atom is -0.394 e. The first kappa shape index (κ1) is 6.54. The van der Waals surface area contributed by atoms with Gasteiger partial charge >= 0.3 is 0 Å². The van der Waals surface area contributed by atoms with Gasteiger partial charge in [-0.25, -0.2) is 0 Å². The van der Waals surface area contributed by atoms with Crippen LogP contribution in [0.3, 0.4) is 0 Å². The summed E-state index contributed by atoms with van der Waals surface area (Å²) < 4.78 is 9.92. The summed E-state index contributed by atoms with van der Waals surface area (Å²) in [4.78, 5) is 0. The fraction of sp³-hybridized carbons (Fsp3) is 0.833. The van der Waals surface area contributed by atoms with Crippen LogP contribution in [0.15, 0.2) is 0 Å². The van der Waals surface area contributed by atoms with Gasteiger partial charge in [-0.1, -0.05) is 0 Å². The zero-order chi connectivity index (χ0) is 7.14. The van der Waals surface area contributed by atoms with E-state index in [-0.39, 0.29) is 18.8 Å². The van der Waals surface area contributed by atoms with Crippen molar-refractivity contribution in [1.82, 2.24) is 0 Å². The second-order valence-corrected chi connectivity index (χ2v) is 2.55. The van der Waals surface area contributed by atoms with Gasteiger partial charge in [-0.15, -0.1) is 0 Å². The van der Waals surface area contributed by atoms with Gasteiger partial charge in [-0.2, -0.15) is 0 Å². The van der Waals surface area contributed by atoms with Crippen molar-refractivity contribution in [3.05, 3.63) is 6.61 Å². The van der Waals surface area contributed by atoms with E-state index in [1.165, 1.54) is 6.61 Å². The molecule has 0 unspecified atom stereocenters. The average Bonchev–Trinajstić information content (AvgIpc) is 2.68.